The van der Waals surface area contributed by atoms with Crippen LogP contribution in [0.4, 0.5) is 0 Å². The summed E-state index contributed by atoms with van der Waals surface area (Å²) < 4.78 is 10.7. The van der Waals surface area contributed by atoms with Gasteiger partial charge in [0, 0.05) is 12.0 Å². The van der Waals surface area contributed by atoms with Crippen LogP contribution in [0.25, 0.3) is 0 Å². The van der Waals surface area contributed by atoms with Crippen LogP contribution in [-0.4, -0.2) is 30.9 Å². The molecule has 1 aromatic rings. The third-order valence-corrected chi connectivity index (χ3v) is 3.40. The fourth-order valence-corrected chi connectivity index (χ4v) is 2.36. The van der Waals surface area contributed by atoms with E-state index < -0.39 is 0 Å². The lowest BCUT2D eigenvalue weighted by Gasteiger charge is -2.25. The molecule has 0 saturated heterocycles. The fourth-order valence-electron chi connectivity index (χ4n) is 2.36. The lowest BCUT2D eigenvalue weighted by molar-refractivity contribution is -0.144. The summed E-state index contributed by atoms with van der Waals surface area (Å²) in [7, 11) is 0. The molecule has 0 atom stereocenters. The number of esters is 1. The minimum absolute atomic E-state index is 0.0251. The normalized spacial score (nSPS) is 11.4. The molecule has 0 bridgehead atoms. The summed E-state index contributed by atoms with van der Waals surface area (Å²) in [4.78, 5) is 11.6. The van der Waals surface area contributed by atoms with Gasteiger partial charge < -0.3 is 14.6 Å². The Labute approximate surface area is 133 Å². The summed E-state index contributed by atoms with van der Waals surface area (Å²) in [6.45, 7) is 11.1. The van der Waals surface area contributed by atoms with Crippen molar-refractivity contribution in [2.24, 2.45) is 0 Å². The molecule has 0 saturated carbocycles. The number of benzene rings is 1. The van der Waals surface area contributed by atoms with Gasteiger partial charge in [0.05, 0.1) is 13.2 Å². The first-order chi connectivity index (χ1) is 10.3. The molecule has 0 unspecified atom stereocenters. The predicted molar refractivity (Wildman–Crippen MR) is 87.4 cm³/mol. The van der Waals surface area contributed by atoms with Crippen molar-refractivity contribution in [3.63, 3.8) is 0 Å². The van der Waals surface area contributed by atoms with Crippen LogP contribution in [0.1, 0.15) is 50.8 Å². The summed E-state index contributed by atoms with van der Waals surface area (Å²) in [6.07, 6.45) is 0.942. The highest BCUT2D eigenvalue weighted by molar-refractivity contribution is 5.69. The summed E-state index contributed by atoms with van der Waals surface area (Å²) in [6, 6.07) is 4.19. The van der Waals surface area contributed by atoms with Crippen molar-refractivity contribution in [1.82, 2.24) is 0 Å². The topological polar surface area (TPSA) is 55.8 Å². The lowest BCUT2D eigenvalue weighted by Crippen LogP contribution is -2.15. The molecule has 0 aliphatic carbocycles. The molecule has 0 spiro atoms. The molecule has 0 aliphatic heterocycles. The Hall–Kier alpha value is -1.55. The molecule has 4 heteroatoms. The van der Waals surface area contributed by atoms with Gasteiger partial charge in [-0.2, -0.15) is 0 Å². The molecule has 0 aromatic heterocycles. The number of aliphatic hydroxyl groups excluding tert-OH is 1. The van der Waals surface area contributed by atoms with E-state index >= 15 is 0 Å². The molecule has 0 heterocycles. The van der Waals surface area contributed by atoms with Crippen LogP contribution in [0.5, 0.6) is 5.75 Å². The quantitative estimate of drug-likeness (QED) is 0.786. The van der Waals surface area contributed by atoms with Gasteiger partial charge in [-0.05, 0) is 36.8 Å². The van der Waals surface area contributed by atoms with Crippen molar-refractivity contribution >= 4 is 5.97 Å². The van der Waals surface area contributed by atoms with Crippen molar-refractivity contribution < 1.29 is 19.4 Å². The standard InChI is InChI=1S/C18H28O4/c1-6-21-17-13(2)11-14(12-15(17)18(3,4)5)7-8-16(20)22-10-9-19/h11-12,19H,6-10H2,1-5H3. The predicted octanol–water partition coefficient (Wildman–Crippen LogP) is 3.16. The summed E-state index contributed by atoms with van der Waals surface area (Å²) in [5.74, 6) is 0.666. The van der Waals surface area contributed by atoms with Crippen molar-refractivity contribution in [2.45, 2.75) is 52.9 Å². The Morgan fingerprint density at radius 1 is 1.27 bits per heavy atom. The number of aliphatic hydroxyl groups is 1. The summed E-state index contributed by atoms with van der Waals surface area (Å²) in [5, 5.41) is 8.65. The zero-order valence-electron chi connectivity index (χ0n) is 14.4. The van der Waals surface area contributed by atoms with Gasteiger partial charge in [-0.15, -0.1) is 0 Å². The minimum Gasteiger partial charge on any atom is -0.493 e. The van der Waals surface area contributed by atoms with E-state index in [1.54, 1.807) is 0 Å². The Bertz CT molecular complexity index is 501. The highest BCUT2D eigenvalue weighted by atomic mass is 16.5. The maximum Gasteiger partial charge on any atom is 0.306 e. The maximum atomic E-state index is 11.6. The Kier molecular flexibility index (Phi) is 6.88. The van der Waals surface area contributed by atoms with Crippen LogP contribution >= 0.6 is 0 Å². The molecular weight excluding hydrogens is 280 g/mol. The third-order valence-electron chi connectivity index (χ3n) is 3.40. The molecule has 0 amide bonds. The van der Waals surface area contributed by atoms with E-state index in [1.807, 2.05) is 13.8 Å². The largest absolute Gasteiger partial charge is 0.493 e. The van der Waals surface area contributed by atoms with E-state index in [0.29, 0.717) is 19.4 Å². The van der Waals surface area contributed by atoms with Gasteiger partial charge in [-0.3, -0.25) is 4.79 Å². The number of ether oxygens (including phenoxy) is 2. The minimum atomic E-state index is -0.280. The van der Waals surface area contributed by atoms with Crippen LogP contribution in [-0.2, 0) is 21.4 Å². The zero-order chi connectivity index (χ0) is 16.8. The van der Waals surface area contributed by atoms with Crippen molar-refractivity contribution in [3.8, 4) is 5.75 Å². The van der Waals surface area contributed by atoms with Gasteiger partial charge >= 0.3 is 5.97 Å². The van der Waals surface area contributed by atoms with E-state index in [0.717, 1.165) is 22.4 Å². The number of aryl methyl sites for hydroxylation is 2. The molecule has 0 aliphatic rings. The van der Waals surface area contributed by atoms with Crippen LogP contribution < -0.4 is 4.74 Å². The van der Waals surface area contributed by atoms with Crippen molar-refractivity contribution in [3.05, 3.63) is 28.8 Å². The molecule has 4 nitrogen and oxygen atoms in total. The van der Waals surface area contributed by atoms with Crippen LogP contribution in [0.2, 0.25) is 0 Å². The molecule has 1 rings (SSSR count). The van der Waals surface area contributed by atoms with E-state index in [9.17, 15) is 4.79 Å². The fraction of sp³-hybridized carbons (Fsp3) is 0.611. The average molecular weight is 308 g/mol. The van der Waals surface area contributed by atoms with Crippen LogP contribution in [0.3, 0.4) is 0 Å². The smallest absolute Gasteiger partial charge is 0.306 e. The first-order valence-corrected chi connectivity index (χ1v) is 7.82. The number of hydrogen-bond acceptors (Lipinski definition) is 4. The molecule has 0 radical (unpaired) electrons. The Balaban J connectivity index is 2.93. The number of carbonyl (C=O) groups is 1. The second-order valence-corrected chi connectivity index (χ2v) is 6.42. The van der Waals surface area contributed by atoms with Crippen molar-refractivity contribution in [2.75, 3.05) is 19.8 Å². The number of carbonyl (C=O) groups excluding carboxylic acids is 1. The summed E-state index contributed by atoms with van der Waals surface area (Å²) in [5.41, 5.74) is 3.33. The maximum absolute atomic E-state index is 11.6. The average Bonchev–Trinajstić information content (AvgIpc) is 2.44. The molecular formula is C18H28O4. The van der Waals surface area contributed by atoms with Crippen molar-refractivity contribution in [1.29, 1.82) is 0 Å². The molecule has 1 aromatic carbocycles. The molecule has 0 fully saturated rings. The van der Waals surface area contributed by atoms with Crippen LogP contribution in [0.15, 0.2) is 12.1 Å². The Morgan fingerprint density at radius 2 is 1.95 bits per heavy atom. The first-order valence-electron chi connectivity index (χ1n) is 7.82. The molecule has 124 valence electrons. The lowest BCUT2D eigenvalue weighted by atomic mass is 9.83. The van der Waals surface area contributed by atoms with Gasteiger partial charge in [0.15, 0.2) is 0 Å². The highest BCUT2D eigenvalue weighted by Gasteiger charge is 2.21. The summed E-state index contributed by atoms with van der Waals surface area (Å²) >= 11 is 0. The second kappa shape index (κ2) is 8.18. The number of hydrogen-bond donors (Lipinski definition) is 1. The van der Waals surface area contributed by atoms with Gasteiger partial charge in [0.25, 0.3) is 0 Å². The van der Waals surface area contributed by atoms with E-state index in [2.05, 4.69) is 32.9 Å². The molecule has 1 N–H and O–H groups in total. The molecule has 22 heavy (non-hydrogen) atoms. The van der Waals surface area contributed by atoms with E-state index in [-0.39, 0.29) is 24.6 Å². The van der Waals surface area contributed by atoms with Gasteiger partial charge in [-0.1, -0.05) is 32.9 Å². The van der Waals surface area contributed by atoms with Gasteiger partial charge in [0.1, 0.15) is 12.4 Å². The monoisotopic (exact) mass is 308 g/mol. The van der Waals surface area contributed by atoms with E-state index in [1.165, 1.54) is 0 Å². The van der Waals surface area contributed by atoms with E-state index in [4.69, 9.17) is 14.6 Å². The second-order valence-electron chi connectivity index (χ2n) is 6.42. The van der Waals surface area contributed by atoms with Gasteiger partial charge in [0.2, 0.25) is 0 Å². The first kappa shape index (κ1) is 18.5. The highest BCUT2D eigenvalue weighted by Crippen LogP contribution is 2.35. The van der Waals surface area contributed by atoms with Gasteiger partial charge in [-0.25, -0.2) is 0 Å². The Morgan fingerprint density at radius 3 is 2.50 bits per heavy atom. The SMILES string of the molecule is CCOc1c(C)cc(CCC(=O)OCCO)cc1C(C)(C)C. The third kappa shape index (κ3) is 5.34. The van der Waals surface area contributed by atoms with Crippen LogP contribution in [0, 0.1) is 6.92 Å². The zero-order valence-corrected chi connectivity index (χ0v) is 14.4. The number of rotatable bonds is 7.